The van der Waals surface area contributed by atoms with Crippen LogP contribution in [0.15, 0.2) is 6.07 Å². The van der Waals surface area contributed by atoms with Gasteiger partial charge in [0.25, 0.3) is 6.43 Å². The zero-order valence-corrected chi connectivity index (χ0v) is 9.46. The Morgan fingerprint density at radius 2 is 2.35 bits per heavy atom. The summed E-state index contributed by atoms with van der Waals surface area (Å²) in [5.74, 6) is -1.09. The molecule has 1 heterocycles. The Bertz CT molecular complexity index is 486. The number of esters is 1. The van der Waals surface area contributed by atoms with Crippen LogP contribution in [0.5, 0.6) is 0 Å². The molecule has 1 rings (SSSR count). The summed E-state index contributed by atoms with van der Waals surface area (Å²) in [5.41, 5.74) is -1.41. The summed E-state index contributed by atoms with van der Waals surface area (Å²) >= 11 is 5.48. The third-order valence-corrected chi connectivity index (χ3v) is 2.24. The van der Waals surface area contributed by atoms with Crippen molar-refractivity contribution in [1.29, 1.82) is 5.26 Å². The van der Waals surface area contributed by atoms with Gasteiger partial charge in [-0.3, -0.25) is 0 Å². The normalized spacial score (nSPS) is 10.1. The summed E-state index contributed by atoms with van der Waals surface area (Å²) in [6.45, 7) is 0. The third-order valence-electron chi connectivity index (χ3n) is 1.97. The minimum atomic E-state index is -2.89. The Labute approximate surface area is 101 Å². The molecule has 4 nitrogen and oxygen atoms in total. The fraction of sp³-hybridized carbons (Fsp3) is 0.300. The Balaban J connectivity index is 3.52. The van der Waals surface area contributed by atoms with E-state index in [-0.39, 0.29) is 11.6 Å². The first-order valence-corrected chi connectivity index (χ1v) is 4.95. The summed E-state index contributed by atoms with van der Waals surface area (Å²) < 4.78 is 29.8. The van der Waals surface area contributed by atoms with Crippen LogP contribution in [0.25, 0.3) is 0 Å². The highest BCUT2D eigenvalue weighted by atomic mass is 35.5. The van der Waals surface area contributed by atoms with E-state index >= 15 is 0 Å². The lowest BCUT2D eigenvalue weighted by molar-refractivity contribution is 0.0592. The molecule has 0 saturated carbocycles. The van der Waals surface area contributed by atoms with Crippen molar-refractivity contribution in [3.8, 4) is 6.07 Å². The second kappa shape index (κ2) is 5.55. The van der Waals surface area contributed by atoms with E-state index in [1.54, 1.807) is 0 Å². The maximum atomic E-state index is 12.7. The van der Waals surface area contributed by atoms with E-state index in [1.807, 2.05) is 0 Å². The van der Waals surface area contributed by atoms with Gasteiger partial charge in [0.1, 0.15) is 6.07 Å². The second-order valence-electron chi connectivity index (χ2n) is 2.96. The molecule has 0 aliphatic rings. The highest BCUT2D eigenvalue weighted by Gasteiger charge is 2.23. The molecule has 0 spiro atoms. The van der Waals surface area contributed by atoms with Gasteiger partial charge in [-0.25, -0.2) is 18.6 Å². The van der Waals surface area contributed by atoms with Gasteiger partial charge in [0.05, 0.1) is 24.2 Å². The van der Waals surface area contributed by atoms with Gasteiger partial charge in [0.2, 0.25) is 0 Å². The van der Waals surface area contributed by atoms with Gasteiger partial charge in [-0.15, -0.1) is 11.6 Å². The molecule has 1 aromatic heterocycles. The number of pyridine rings is 1. The Kier molecular flexibility index (Phi) is 4.35. The average Bonchev–Trinajstić information content (AvgIpc) is 2.35. The molecule has 0 saturated heterocycles. The molecule has 7 heteroatoms. The van der Waals surface area contributed by atoms with Gasteiger partial charge in [0.15, 0.2) is 5.69 Å². The lowest BCUT2D eigenvalue weighted by Crippen LogP contribution is -2.11. The quantitative estimate of drug-likeness (QED) is 0.618. The van der Waals surface area contributed by atoms with E-state index in [0.29, 0.717) is 0 Å². The molecule has 0 amide bonds. The van der Waals surface area contributed by atoms with Crippen LogP contribution in [0.1, 0.15) is 33.7 Å². The number of nitriles is 1. The first kappa shape index (κ1) is 13.3. The Morgan fingerprint density at radius 3 is 2.76 bits per heavy atom. The van der Waals surface area contributed by atoms with E-state index in [0.717, 1.165) is 13.2 Å². The average molecular weight is 261 g/mol. The van der Waals surface area contributed by atoms with E-state index < -0.39 is 29.2 Å². The molecule has 0 bridgehead atoms. The minimum Gasteiger partial charge on any atom is -0.464 e. The number of hydrogen-bond donors (Lipinski definition) is 0. The van der Waals surface area contributed by atoms with Gasteiger partial charge >= 0.3 is 5.97 Å². The number of methoxy groups -OCH3 is 1. The molecule has 1 aromatic rings. The number of alkyl halides is 3. The molecule has 0 unspecified atom stereocenters. The van der Waals surface area contributed by atoms with E-state index in [2.05, 4.69) is 9.72 Å². The fourth-order valence-corrected chi connectivity index (χ4v) is 1.36. The zero-order chi connectivity index (χ0) is 13.0. The van der Waals surface area contributed by atoms with Gasteiger partial charge < -0.3 is 4.74 Å². The first-order valence-electron chi connectivity index (χ1n) is 4.41. The van der Waals surface area contributed by atoms with Gasteiger partial charge in [-0.05, 0) is 6.07 Å². The maximum absolute atomic E-state index is 12.7. The number of rotatable bonds is 3. The van der Waals surface area contributed by atoms with Crippen LogP contribution in [0.3, 0.4) is 0 Å². The molecule has 0 N–H and O–H groups in total. The number of hydrogen-bond acceptors (Lipinski definition) is 4. The van der Waals surface area contributed by atoms with Crippen LogP contribution in [0, 0.1) is 11.3 Å². The zero-order valence-electron chi connectivity index (χ0n) is 8.71. The van der Waals surface area contributed by atoms with Crippen LogP contribution in [-0.2, 0) is 10.6 Å². The van der Waals surface area contributed by atoms with Crippen LogP contribution in [0.4, 0.5) is 8.78 Å². The molecule has 0 aromatic carbocycles. The predicted octanol–water partition coefficient (Wildman–Crippen LogP) is 2.42. The van der Waals surface area contributed by atoms with E-state index in [9.17, 15) is 13.6 Å². The van der Waals surface area contributed by atoms with Crippen molar-refractivity contribution >= 4 is 17.6 Å². The van der Waals surface area contributed by atoms with E-state index in [4.69, 9.17) is 16.9 Å². The number of halogens is 3. The van der Waals surface area contributed by atoms with Crippen molar-refractivity contribution in [1.82, 2.24) is 4.98 Å². The number of carbonyl (C=O) groups excluding carboxylic acids is 1. The van der Waals surface area contributed by atoms with Crippen molar-refractivity contribution in [2.24, 2.45) is 0 Å². The van der Waals surface area contributed by atoms with Crippen molar-refractivity contribution in [2.75, 3.05) is 7.11 Å². The van der Waals surface area contributed by atoms with Gasteiger partial charge in [0, 0.05) is 5.56 Å². The predicted molar refractivity (Wildman–Crippen MR) is 54.8 cm³/mol. The fourth-order valence-electron chi connectivity index (χ4n) is 1.22. The minimum absolute atomic E-state index is 0.0846. The number of aromatic nitrogens is 1. The van der Waals surface area contributed by atoms with Gasteiger partial charge in [-0.1, -0.05) is 0 Å². The van der Waals surface area contributed by atoms with Crippen molar-refractivity contribution < 1.29 is 18.3 Å². The number of nitrogens with zero attached hydrogens (tertiary/aromatic N) is 2. The monoisotopic (exact) mass is 260 g/mol. The highest BCUT2D eigenvalue weighted by molar-refractivity contribution is 6.16. The van der Waals surface area contributed by atoms with Gasteiger partial charge in [-0.2, -0.15) is 5.26 Å². The summed E-state index contributed by atoms with van der Waals surface area (Å²) in [7, 11) is 1.07. The molecular weight excluding hydrogens is 254 g/mol. The van der Waals surface area contributed by atoms with Crippen molar-refractivity contribution in [3.63, 3.8) is 0 Å². The maximum Gasteiger partial charge on any atom is 0.358 e. The summed E-state index contributed by atoms with van der Waals surface area (Å²) in [6.07, 6.45) is -2.89. The highest BCUT2D eigenvalue weighted by Crippen LogP contribution is 2.26. The largest absolute Gasteiger partial charge is 0.464 e. The lowest BCUT2D eigenvalue weighted by atomic mass is 10.1. The molecule has 0 fully saturated rings. The molecule has 90 valence electrons. The summed E-state index contributed by atoms with van der Waals surface area (Å²) in [6, 6.07) is 2.53. The van der Waals surface area contributed by atoms with Crippen molar-refractivity contribution in [2.45, 2.75) is 12.3 Å². The Morgan fingerprint density at radius 1 is 1.71 bits per heavy atom. The number of ether oxygens (including phenoxy) is 1. The van der Waals surface area contributed by atoms with Crippen molar-refractivity contribution in [3.05, 3.63) is 28.6 Å². The molecule has 17 heavy (non-hydrogen) atoms. The number of carbonyl (C=O) groups is 1. The Hall–Kier alpha value is -1.74. The standard InChI is InChI=1S/C10H7ClF2N2O2/c1-17-10(16)8-7(4-14)6(9(12)13)2-5(3-11)15-8/h2,9H,3H2,1H3. The lowest BCUT2D eigenvalue weighted by Gasteiger charge is -2.08. The first-order chi connectivity index (χ1) is 8.04. The SMILES string of the molecule is COC(=O)c1nc(CCl)cc(C(F)F)c1C#N. The second-order valence-corrected chi connectivity index (χ2v) is 3.23. The molecule has 0 aliphatic heterocycles. The van der Waals surface area contributed by atoms with E-state index in [1.165, 1.54) is 6.07 Å². The third kappa shape index (κ3) is 2.68. The van der Waals surface area contributed by atoms with Crippen LogP contribution >= 0.6 is 11.6 Å². The van der Waals surface area contributed by atoms with Crippen LogP contribution < -0.4 is 0 Å². The van der Waals surface area contributed by atoms with Crippen LogP contribution in [0.2, 0.25) is 0 Å². The van der Waals surface area contributed by atoms with Crippen LogP contribution in [-0.4, -0.2) is 18.1 Å². The molecule has 0 aliphatic carbocycles. The molecule has 0 atom stereocenters. The molecular formula is C10H7ClF2N2O2. The smallest absolute Gasteiger partial charge is 0.358 e. The summed E-state index contributed by atoms with van der Waals surface area (Å²) in [5, 5.41) is 8.79. The molecule has 0 radical (unpaired) electrons. The topological polar surface area (TPSA) is 63.0 Å². The summed E-state index contributed by atoms with van der Waals surface area (Å²) in [4.78, 5) is 15.0.